The van der Waals surface area contributed by atoms with Crippen LogP contribution >= 0.6 is 15.9 Å². The molecule has 1 aliphatic heterocycles. The number of amides is 1. The van der Waals surface area contributed by atoms with Gasteiger partial charge in [-0.25, -0.2) is 0 Å². The van der Waals surface area contributed by atoms with Crippen molar-refractivity contribution in [2.75, 3.05) is 26.7 Å². The average Bonchev–Trinajstić information content (AvgIpc) is 2.87. The molecule has 0 spiro atoms. The number of rotatable bonds is 5. The Morgan fingerprint density at radius 2 is 2.26 bits per heavy atom. The summed E-state index contributed by atoms with van der Waals surface area (Å²) in [6.45, 7) is 2.84. The Morgan fingerprint density at radius 3 is 3.00 bits per heavy atom. The summed E-state index contributed by atoms with van der Waals surface area (Å²) in [7, 11) is 1.97. The molecule has 0 aromatic heterocycles. The van der Waals surface area contributed by atoms with E-state index >= 15 is 0 Å². The molecular formula is C15H21BrN2O. The Balaban J connectivity index is 1.81. The SMILES string of the molecule is CNC[C@@H]1CCN(C(=O)CCc2ccccc2Br)C1. The van der Waals surface area contributed by atoms with Crippen LogP contribution in [0.3, 0.4) is 0 Å². The van der Waals surface area contributed by atoms with Crippen LogP contribution in [0.25, 0.3) is 0 Å². The minimum atomic E-state index is 0.286. The van der Waals surface area contributed by atoms with Crippen LogP contribution in [-0.4, -0.2) is 37.5 Å². The third-order valence-corrected chi connectivity index (χ3v) is 4.47. The number of hydrogen-bond acceptors (Lipinski definition) is 2. The third kappa shape index (κ3) is 4.05. The largest absolute Gasteiger partial charge is 0.342 e. The number of benzene rings is 1. The fourth-order valence-electron chi connectivity index (χ4n) is 2.62. The molecule has 1 saturated heterocycles. The van der Waals surface area contributed by atoms with Crippen LogP contribution in [0.4, 0.5) is 0 Å². The van der Waals surface area contributed by atoms with Crippen molar-refractivity contribution in [3.8, 4) is 0 Å². The van der Waals surface area contributed by atoms with E-state index in [9.17, 15) is 4.79 Å². The lowest BCUT2D eigenvalue weighted by Crippen LogP contribution is -2.30. The number of nitrogens with one attached hydrogen (secondary N) is 1. The van der Waals surface area contributed by atoms with E-state index in [1.165, 1.54) is 5.56 Å². The predicted octanol–water partition coefficient (Wildman–Crippen LogP) is 2.45. The third-order valence-electron chi connectivity index (χ3n) is 3.70. The maximum Gasteiger partial charge on any atom is 0.222 e. The second-order valence-electron chi connectivity index (χ2n) is 5.14. The van der Waals surface area contributed by atoms with Gasteiger partial charge in [-0.05, 0) is 44.0 Å². The van der Waals surface area contributed by atoms with E-state index in [2.05, 4.69) is 27.3 Å². The topological polar surface area (TPSA) is 32.3 Å². The molecule has 0 aliphatic carbocycles. The van der Waals surface area contributed by atoms with Gasteiger partial charge in [0.1, 0.15) is 0 Å². The van der Waals surface area contributed by atoms with E-state index in [1.807, 2.05) is 30.1 Å². The molecule has 1 atom stereocenters. The van der Waals surface area contributed by atoms with Crippen LogP contribution < -0.4 is 5.32 Å². The molecule has 1 fully saturated rings. The first-order valence-electron chi connectivity index (χ1n) is 6.86. The molecule has 0 radical (unpaired) electrons. The molecule has 0 saturated carbocycles. The highest BCUT2D eigenvalue weighted by Gasteiger charge is 2.25. The monoisotopic (exact) mass is 324 g/mol. The lowest BCUT2D eigenvalue weighted by molar-refractivity contribution is -0.130. The number of hydrogen-bond donors (Lipinski definition) is 1. The first kappa shape index (κ1) is 14.5. The van der Waals surface area contributed by atoms with Gasteiger partial charge in [-0.15, -0.1) is 0 Å². The fraction of sp³-hybridized carbons (Fsp3) is 0.533. The highest BCUT2D eigenvalue weighted by atomic mass is 79.9. The molecule has 3 nitrogen and oxygen atoms in total. The van der Waals surface area contributed by atoms with Crippen molar-refractivity contribution in [1.29, 1.82) is 0 Å². The Kier molecular flexibility index (Phi) is 5.40. The van der Waals surface area contributed by atoms with Gasteiger partial charge in [0, 0.05) is 24.0 Å². The van der Waals surface area contributed by atoms with Gasteiger partial charge in [0.15, 0.2) is 0 Å². The molecule has 1 heterocycles. The molecule has 1 aliphatic rings. The lowest BCUT2D eigenvalue weighted by atomic mass is 10.1. The summed E-state index contributed by atoms with van der Waals surface area (Å²) >= 11 is 3.53. The number of halogens is 1. The van der Waals surface area contributed by atoms with Crippen LogP contribution in [0.2, 0.25) is 0 Å². The lowest BCUT2D eigenvalue weighted by Gasteiger charge is -2.16. The highest BCUT2D eigenvalue weighted by molar-refractivity contribution is 9.10. The summed E-state index contributed by atoms with van der Waals surface area (Å²) in [6, 6.07) is 8.12. The molecule has 2 rings (SSSR count). The van der Waals surface area contributed by atoms with Crippen LogP contribution in [0, 0.1) is 5.92 Å². The summed E-state index contributed by atoms with van der Waals surface area (Å²) in [6.07, 6.45) is 2.55. The van der Waals surface area contributed by atoms with Crippen molar-refractivity contribution in [3.63, 3.8) is 0 Å². The summed E-state index contributed by atoms with van der Waals surface area (Å²) in [5, 5.41) is 3.19. The van der Waals surface area contributed by atoms with Crippen molar-refractivity contribution in [2.45, 2.75) is 19.3 Å². The maximum atomic E-state index is 12.2. The number of carbonyl (C=O) groups excluding carboxylic acids is 1. The van der Waals surface area contributed by atoms with Gasteiger partial charge >= 0.3 is 0 Å². The first-order valence-corrected chi connectivity index (χ1v) is 7.65. The van der Waals surface area contributed by atoms with Crippen molar-refractivity contribution in [3.05, 3.63) is 34.3 Å². The molecule has 104 valence electrons. The van der Waals surface area contributed by atoms with Crippen molar-refractivity contribution < 1.29 is 4.79 Å². The highest BCUT2D eigenvalue weighted by Crippen LogP contribution is 2.20. The summed E-state index contributed by atoms with van der Waals surface area (Å²) in [4.78, 5) is 14.2. The molecule has 0 unspecified atom stereocenters. The maximum absolute atomic E-state index is 12.2. The Labute approximate surface area is 123 Å². The van der Waals surface area contributed by atoms with E-state index in [1.54, 1.807) is 0 Å². The van der Waals surface area contributed by atoms with Crippen molar-refractivity contribution in [2.24, 2.45) is 5.92 Å². The number of carbonyl (C=O) groups is 1. The van der Waals surface area contributed by atoms with Gasteiger partial charge in [-0.3, -0.25) is 4.79 Å². The zero-order valence-electron chi connectivity index (χ0n) is 11.4. The van der Waals surface area contributed by atoms with Gasteiger partial charge in [-0.1, -0.05) is 34.1 Å². The molecule has 19 heavy (non-hydrogen) atoms. The van der Waals surface area contributed by atoms with E-state index in [0.717, 1.165) is 36.9 Å². The Bertz CT molecular complexity index is 436. The Hall–Kier alpha value is -0.870. The van der Waals surface area contributed by atoms with Gasteiger partial charge < -0.3 is 10.2 Å². The molecule has 0 bridgehead atoms. The quantitative estimate of drug-likeness (QED) is 0.902. The molecule has 1 aromatic rings. The van der Waals surface area contributed by atoms with Gasteiger partial charge in [0.25, 0.3) is 0 Å². The molecule has 1 amide bonds. The number of likely N-dealkylation sites (tertiary alicyclic amines) is 1. The zero-order valence-corrected chi connectivity index (χ0v) is 12.9. The predicted molar refractivity (Wildman–Crippen MR) is 81.1 cm³/mol. The molecule has 4 heteroatoms. The summed E-state index contributed by atoms with van der Waals surface area (Å²) < 4.78 is 1.09. The van der Waals surface area contributed by atoms with Crippen LogP contribution in [0.15, 0.2) is 28.7 Å². The van der Waals surface area contributed by atoms with Crippen molar-refractivity contribution >= 4 is 21.8 Å². The van der Waals surface area contributed by atoms with Gasteiger partial charge in [0.2, 0.25) is 5.91 Å². The van der Waals surface area contributed by atoms with Crippen LogP contribution in [-0.2, 0) is 11.2 Å². The van der Waals surface area contributed by atoms with E-state index in [4.69, 9.17) is 0 Å². The van der Waals surface area contributed by atoms with Crippen LogP contribution in [0.5, 0.6) is 0 Å². The minimum Gasteiger partial charge on any atom is -0.342 e. The standard InChI is InChI=1S/C15H21BrN2O/c1-17-10-12-8-9-18(11-12)15(19)7-6-13-4-2-3-5-14(13)16/h2-5,12,17H,6-11H2,1H3/t12-/m0/s1. The van der Waals surface area contributed by atoms with Crippen molar-refractivity contribution in [1.82, 2.24) is 10.2 Å². The fourth-order valence-corrected chi connectivity index (χ4v) is 3.10. The smallest absolute Gasteiger partial charge is 0.222 e. The van der Waals surface area contributed by atoms with E-state index < -0.39 is 0 Å². The normalized spacial score (nSPS) is 18.8. The van der Waals surface area contributed by atoms with Gasteiger partial charge in [0.05, 0.1) is 0 Å². The molecule has 1 N–H and O–H groups in total. The summed E-state index contributed by atoms with van der Waals surface area (Å²) in [5.74, 6) is 0.909. The summed E-state index contributed by atoms with van der Waals surface area (Å²) in [5.41, 5.74) is 1.21. The Morgan fingerprint density at radius 1 is 1.47 bits per heavy atom. The van der Waals surface area contributed by atoms with Gasteiger partial charge in [-0.2, -0.15) is 0 Å². The average molecular weight is 325 g/mol. The first-order chi connectivity index (χ1) is 9.20. The zero-order chi connectivity index (χ0) is 13.7. The number of nitrogens with zero attached hydrogens (tertiary/aromatic N) is 1. The minimum absolute atomic E-state index is 0.286. The molecular weight excluding hydrogens is 304 g/mol. The second-order valence-corrected chi connectivity index (χ2v) is 6.00. The van der Waals surface area contributed by atoms with E-state index in [-0.39, 0.29) is 5.91 Å². The van der Waals surface area contributed by atoms with Crippen LogP contribution in [0.1, 0.15) is 18.4 Å². The molecule has 1 aromatic carbocycles. The second kappa shape index (κ2) is 7.06. The van der Waals surface area contributed by atoms with E-state index in [0.29, 0.717) is 12.3 Å². The number of aryl methyl sites for hydroxylation is 1.